The zero-order chi connectivity index (χ0) is 12.3. The molecule has 1 aromatic heterocycles. The minimum atomic E-state index is 0.551. The van der Waals surface area contributed by atoms with Crippen LogP contribution in [0.1, 0.15) is 38.3 Å². The van der Waals surface area contributed by atoms with Crippen molar-refractivity contribution in [2.24, 2.45) is 0 Å². The molecule has 1 N–H and O–H groups in total. The fraction of sp³-hybridized carbons (Fsp3) is 0.769. The summed E-state index contributed by atoms with van der Waals surface area (Å²) in [5.74, 6) is 1.74. The van der Waals surface area contributed by atoms with E-state index in [0.717, 1.165) is 31.3 Å². The van der Waals surface area contributed by atoms with Crippen LogP contribution in [0.5, 0.6) is 0 Å². The predicted octanol–water partition coefficient (Wildman–Crippen LogP) is 1.95. The van der Waals surface area contributed by atoms with Gasteiger partial charge >= 0.3 is 0 Å². The highest BCUT2D eigenvalue weighted by molar-refractivity contribution is 4.93. The van der Waals surface area contributed by atoms with E-state index < -0.39 is 0 Å². The number of piperazine rings is 1. The topological polar surface area (TPSA) is 41.3 Å². The summed E-state index contributed by atoms with van der Waals surface area (Å²) in [5, 5.41) is 3.60. The van der Waals surface area contributed by atoms with E-state index in [9.17, 15) is 0 Å². The van der Waals surface area contributed by atoms with E-state index in [-0.39, 0.29) is 0 Å². The summed E-state index contributed by atoms with van der Waals surface area (Å²) in [6.45, 7) is 9.42. The Hall–Kier alpha value is -0.870. The van der Waals surface area contributed by atoms with Crippen molar-refractivity contribution in [3.63, 3.8) is 0 Å². The van der Waals surface area contributed by atoms with Crippen LogP contribution in [-0.4, -0.2) is 35.1 Å². The fourth-order valence-electron chi connectivity index (χ4n) is 2.40. The van der Waals surface area contributed by atoms with Crippen molar-refractivity contribution >= 4 is 0 Å². The van der Waals surface area contributed by atoms with Gasteiger partial charge in [-0.25, -0.2) is 4.98 Å². The molecule has 2 atom stereocenters. The second-order valence-corrected chi connectivity index (χ2v) is 5.04. The highest BCUT2D eigenvalue weighted by atomic mass is 16.4. The lowest BCUT2D eigenvalue weighted by Crippen LogP contribution is -2.54. The lowest BCUT2D eigenvalue weighted by atomic mass is 10.1. The first kappa shape index (κ1) is 12.6. The normalized spacial score (nSPS) is 26.3. The number of hydrogen-bond acceptors (Lipinski definition) is 4. The molecule has 0 spiro atoms. The molecule has 0 bridgehead atoms. The Morgan fingerprint density at radius 1 is 1.59 bits per heavy atom. The van der Waals surface area contributed by atoms with Gasteiger partial charge in [-0.15, -0.1) is 0 Å². The molecule has 2 heterocycles. The Morgan fingerprint density at radius 2 is 2.41 bits per heavy atom. The molecular formula is C13H23N3O. The molecule has 1 aromatic rings. The number of hydrogen-bond donors (Lipinski definition) is 1. The third-order valence-electron chi connectivity index (χ3n) is 3.42. The van der Waals surface area contributed by atoms with Gasteiger partial charge in [-0.3, -0.25) is 4.90 Å². The molecule has 17 heavy (non-hydrogen) atoms. The molecule has 0 amide bonds. The van der Waals surface area contributed by atoms with Gasteiger partial charge in [0.15, 0.2) is 0 Å². The molecule has 0 aliphatic carbocycles. The van der Waals surface area contributed by atoms with Gasteiger partial charge in [-0.05, 0) is 20.3 Å². The van der Waals surface area contributed by atoms with Crippen LogP contribution >= 0.6 is 0 Å². The molecule has 0 aromatic carbocycles. The van der Waals surface area contributed by atoms with Gasteiger partial charge < -0.3 is 9.73 Å². The lowest BCUT2D eigenvalue weighted by molar-refractivity contribution is 0.118. The second-order valence-electron chi connectivity index (χ2n) is 5.04. The van der Waals surface area contributed by atoms with Crippen LogP contribution in [0, 0.1) is 6.92 Å². The Balaban J connectivity index is 1.93. The SMILES string of the molecule is CCCC1CN(Cc2ncc(C)o2)C(C)CN1. The summed E-state index contributed by atoms with van der Waals surface area (Å²) < 4.78 is 5.56. The lowest BCUT2D eigenvalue weighted by Gasteiger charge is -2.38. The van der Waals surface area contributed by atoms with Crippen LogP contribution in [0.25, 0.3) is 0 Å². The van der Waals surface area contributed by atoms with Gasteiger partial charge in [0.1, 0.15) is 5.76 Å². The zero-order valence-electron chi connectivity index (χ0n) is 11.1. The first-order valence-corrected chi connectivity index (χ1v) is 6.57. The molecule has 1 aliphatic heterocycles. The van der Waals surface area contributed by atoms with Crippen molar-refractivity contribution in [3.05, 3.63) is 17.8 Å². The van der Waals surface area contributed by atoms with Crippen LogP contribution in [0.15, 0.2) is 10.6 Å². The van der Waals surface area contributed by atoms with Gasteiger partial charge in [0.25, 0.3) is 0 Å². The summed E-state index contributed by atoms with van der Waals surface area (Å²) in [6.07, 6.45) is 4.28. The quantitative estimate of drug-likeness (QED) is 0.869. The maximum absolute atomic E-state index is 5.56. The maximum atomic E-state index is 5.56. The molecule has 4 nitrogen and oxygen atoms in total. The van der Waals surface area contributed by atoms with Crippen LogP contribution < -0.4 is 5.32 Å². The Bertz CT molecular complexity index is 350. The predicted molar refractivity (Wildman–Crippen MR) is 67.8 cm³/mol. The number of nitrogens with one attached hydrogen (secondary N) is 1. The monoisotopic (exact) mass is 237 g/mol. The first-order chi connectivity index (χ1) is 8.19. The molecule has 4 heteroatoms. The van der Waals surface area contributed by atoms with Gasteiger partial charge in [-0.2, -0.15) is 0 Å². The molecule has 1 fully saturated rings. The third-order valence-corrected chi connectivity index (χ3v) is 3.42. The minimum Gasteiger partial charge on any atom is -0.445 e. The molecule has 0 saturated carbocycles. The van der Waals surface area contributed by atoms with Gasteiger partial charge in [0.2, 0.25) is 5.89 Å². The standard InChI is InChI=1S/C13H23N3O/c1-4-5-12-8-16(10(2)6-14-12)9-13-15-7-11(3)17-13/h7,10,12,14H,4-6,8-9H2,1-3H3. The van der Waals surface area contributed by atoms with E-state index in [1.165, 1.54) is 12.8 Å². The smallest absolute Gasteiger partial charge is 0.208 e. The van der Waals surface area contributed by atoms with Gasteiger partial charge in [0, 0.05) is 25.2 Å². The molecule has 1 aliphatic rings. The van der Waals surface area contributed by atoms with Crippen LogP contribution in [0.4, 0.5) is 0 Å². The Labute approximate surface area is 103 Å². The third kappa shape index (κ3) is 3.30. The number of oxazole rings is 1. The van der Waals surface area contributed by atoms with E-state index >= 15 is 0 Å². The summed E-state index contributed by atoms with van der Waals surface area (Å²) >= 11 is 0. The summed E-state index contributed by atoms with van der Waals surface area (Å²) in [6, 6.07) is 1.17. The molecular weight excluding hydrogens is 214 g/mol. The van der Waals surface area contributed by atoms with Crippen LogP contribution in [-0.2, 0) is 6.54 Å². The van der Waals surface area contributed by atoms with E-state index in [4.69, 9.17) is 4.42 Å². The number of nitrogens with zero attached hydrogens (tertiary/aromatic N) is 2. The van der Waals surface area contributed by atoms with Crippen molar-refractivity contribution in [2.45, 2.75) is 52.2 Å². The second kappa shape index (κ2) is 5.65. The molecule has 96 valence electrons. The summed E-state index contributed by atoms with van der Waals surface area (Å²) in [7, 11) is 0. The van der Waals surface area contributed by atoms with Crippen molar-refractivity contribution in [1.29, 1.82) is 0 Å². The first-order valence-electron chi connectivity index (χ1n) is 6.57. The van der Waals surface area contributed by atoms with Crippen LogP contribution in [0.2, 0.25) is 0 Å². The Kier molecular flexibility index (Phi) is 4.18. The number of aryl methyl sites for hydroxylation is 1. The minimum absolute atomic E-state index is 0.551. The van der Waals surface area contributed by atoms with Crippen molar-refractivity contribution < 1.29 is 4.42 Å². The highest BCUT2D eigenvalue weighted by Gasteiger charge is 2.25. The molecule has 2 rings (SSSR count). The van der Waals surface area contributed by atoms with Gasteiger partial charge in [-0.1, -0.05) is 13.3 Å². The molecule has 0 radical (unpaired) electrons. The number of rotatable bonds is 4. The maximum Gasteiger partial charge on any atom is 0.208 e. The fourth-order valence-corrected chi connectivity index (χ4v) is 2.40. The van der Waals surface area contributed by atoms with E-state index in [0.29, 0.717) is 12.1 Å². The van der Waals surface area contributed by atoms with E-state index in [2.05, 4.69) is 29.0 Å². The zero-order valence-corrected chi connectivity index (χ0v) is 11.1. The van der Waals surface area contributed by atoms with E-state index in [1.54, 1.807) is 6.20 Å². The van der Waals surface area contributed by atoms with Gasteiger partial charge in [0.05, 0.1) is 12.7 Å². The highest BCUT2D eigenvalue weighted by Crippen LogP contribution is 2.14. The summed E-state index contributed by atoms with van der Waals surface area (Å²) in [5.41, 5.74) is 0. The average molecular weight is 237 g/mol. The Morgan fingerprint density at radius 3 is 3.06 bits per heavy atom. The molecule has 2 unspecified atom stereocenters. The average Bonchev–Trinajstić information content (AvgIpc) is 2.69. The summed E-state index contributed by atoms with van der Waals surface area (Å²) in [4.78, 5) is 6.75. The molecule has 1 saturated heterocycles. The van der Waals surface area contributed by atoms with E-state index in [1.807, 2.05) is 6.92 Å². The van der Waals surface area contributed by atoms with Crippen molar-refractivity contribution in [1.82, 2.24) is 15.2 Å². The largest absolute Gasteiger partial charge is 0.445 e. The van der Waals surface area contributed by atoms with Crippen molar-refractivity contribution in [3.8, 4) is 0 Å². The van der Waals surface area contributed by atoms with Crippen LogP contribution in [0.3, 0.4) is 0 Å². The number of aromatic nitrogens is 1. The van der Waals surface area contributed by atoms with Crippen molar-refractivity contribution in [2.75, 3.05) is 13.1 Å².